The Morgan fingerprint density at radius 1 is 1.07 bits per heavy atom. The van der Waals surface area contributed by atoms with Gasteiger partial charge in [-0.15, -0.1) is 13.2 Å². The number of rotatable bonds is 4. The maximum absolute atomic E-state index is 12.6. The summed E-state index contributed by atoms with van der Waals surface area (Å²) in [4.78, 5) is 11.9. The summed E-state index contributed by atoms with van der Waals surface area (Å²) in [5.41, 5.74) is 7.84. The number of hydrogen-bond acceptors (Lipinski definition) is 2. The summed E-state index contributed by atoms with van der Waals surface area (Å²) in [5.74, 6) is -0.880. The molecule has 0 saturated carbocycles. The lowest BCUT2D eigenvalue weighted by Gasteiger charge is -2.12. The van der Waals surface area contributed by atoms with E-state index in [9.17, 15) is 18.0 Å². The summed E-state index contributed by atoms with van der Waals surface area (Å²) in [7, 11) is 0. The minimum absolute atomic E-state index is 0.223. The molecule has 4 nitrogen and oxygen atoms in total. The number of primary amides is 1. The molecule has 0 unspecified atom stereocenters. The molecular weight excluding hydrogens is 405 g/mol. The van der Waals surface area contributed by atoms with Crippen molar-refractivity contribution in [2.45, 2.75) is 12.9 Å². The quantitative estimate of drug-likeness (QED) is 0.476. The van der Waals surface area contributed by atoms with E-state index in [1.165, 1.54) is 18.2 Å². The van der Waals surface area contributed by atoms with Crippen LogP contribution in [0.1, 0.15) is 15.9 Å². The smallest absolute Gasteiger partial charge is 0.406 e. The van der Waals surface area contributed by atoms with E-state index in [1.54, 1.807) is 30.3 Å². The van der Waals surface area contributed by atoms with Gasteiger partial charge in [-0.25, -0.2) is 0 Å². The summed E-state index contributed by atoms with van der Waals surface area (Å²) < 4.78 is 43.5. The first-order chi connectivity index (χ1) is 13.7. The molecule has 0 bridgehead atoms. The fourth-order valence-electron chi connectivity index (χ4n) is 3.55. The van der Waals surface area contributed by atoms with Gasteiger partial charge < -0.3 is 15.0 Å². The third kappa shape index (κ3) is 3.61. The van der Waals surface area contributed by atoms with Gasteiger partial charge in [-0.3, -0.25) is 4.79 Å². The fourth-order valence-corrected chi connectivity index (χ4v) is 3.83. The Bertz CT molecular complexity index is 1250. The van der Waals surface area contributed by atoms with Gasteiger partial charge >= 0.3 is 6.36 Å². The van der Waals surface area contributed by atoms with E-state index in [-0.39, 0.29) is 12.3 Å². The van der Waals surface area contributed by atoms with Crippen molar-refractivity contribution >= 4 is 39.3 Å². The first kappa shape index (κ1) is 19.1. The summed E-state index contributed by atoms with van der Waals surface area (Å²) >= 11 is 6.44. The van der Waals surface area contributed by atoms with Gasteiger partial charge in [0.25, 0.3) is 0 Å². The highest BCUT2D eigenvalue weighted by Gasteiger charge is 2.31. The predicted molar refractivity (Wildman–Crippen MR) is 105 cm³/mol. The molecule has 0 radical (unpaired) electrons. The van der Waals surface area contributed by atoms with E-state index >= 15 is 0 Å². The number of halogens is 4. The van der Waals surface area contributed by atoms with E-state index in [2.05, 4.69) is 4.74 Å². The summed E-state index contributed by atoms with van der Waals surface area (Å²) in [5, 5.41) is 1.85. The van der Waals surface area contributed by atoms with Gasteiger partial charge in [0.15, 0.2) is 0 Å². The van der Waals surface area contributed by atoms with Crippen LogP contribution in [0.15, 0.2) is 60.7 Å². The number of carbonyl (C=O) groups excluding carboxylic acids is 1. The first-order valence-corrected chi connectivity index (χ1v) is 8.96. The third-order valence-corrected chi connectivity index (χ3v) is 4.90. The van der Waals surface area contributed by atoms with Crippen LogP contribution in [-0.4, -0.2) is 16.8 Å². The maximum Gasteiger partial charge on any atom is 0.573 e. The standard InChI is InChI=1S/C21H14ClF3N2O2/c22-16-8-2-6-14-18-15(20(26)28)7-3-9-17(18)27(19(14)16)11-12-4-1-5-13(10-12)29-21(23,24)25/h1-10H,11H2,(H2,26,28). The average Bonchev–Trinajstić information content (AvgIpc) is 2.96. The number of benzene rings is 3. The number of amides is 1. The van der Waals surface area contributed by atoms with E-state index in [0.29, 0.717) is 32.6 Å². The molecular formula is C21H14ClF3N2O2. The second-order valence-electron chi connectivity index (χ2n) is 6.48. The van der Waals surface area contributed by atoms with Crippen LogP contribution >= 0.6 is 11.6 Å². The molecule has 0 aliphatic rings. The Labute approximate surface area is 168 Å². The van der Waals surface area contributed by atoms with Crippen LogP contribution in [-0.2, 0) is 6.54 Å². The number of nitrogens with two attached hydrogens (primary N) is 1. The van der Waals surface area contributed by atoms with E-state index in [1.807, 2.05) is 16.7 Å². The summed E-state index contributed by atoms with van der Waals surface area (Å²) in [6, 6.07) is 16.2. The predicted octanol–water partition coefficient (Wildman–Crippen LogP) is 5.49. The number of aromatic nitrogens is 1. The molecule has 1 amide bonds. The molecule has 0 spiro atoms. The lowest BCUT2D eigenvalue weighted by Crippen LogP contribution is -2.17. The van der Waals surface area contributed by atoms with Gasteiger partial charge in [0, 0.05) is 22.9 Å². The molecule has 8 heteroatoms. The molecule has 0 fully saturated rings. The zero-order valence-electron chi connectivity index (χ0n) is 14.8. The minimum Gasteiger partial charge on any atom is -0.406 e. The number of fused-ring (bicyclic) bond motifs is 3. The largest absolute Gasteiger partial charge is 0.573 e. The molecule has 29 heavy (non-hydrogen) atoms. The van der Waals surface area contributed by atoms with E-state index < -0.39 is 12.3 Å². The zero-order valence-corrected chi connectivity index (χ0v) is 15.6. The minimum atomic E-state index is -4.77. The zero-order chi connectivity index (χ0) is 20.8. The van der Waals surface area contributed by atoms with Crippen molar-refractivity contribution in [3.05, 3.63) is 76.8 Å². The number of para-hydroxylation sites is 1. The molecule has 0 aliphatic carbocycles. The van der Waals surface area contributed by atoms with Crippen molar-refractivity contribution in [2.24, 2.45) is 5.73 Å². The highest BCUT2D eigenvalue weighted by Crippen LogP contribution is 2.36. The molecule has 0 atom stereocenters. The molecule has 4 aromatic rings. The SMILES string of the molecule is NC(=O)c1cccc2c1c1cccc(Cl)c1n2Cc1cccc(OC(F)(F)F)c1. The van der Waals surface area contributed by atoms with Crippen LogP contribution in [0.4, 0.5) is 13.2 Å². The van der Waals surface area contributed by atoms with Crippen molar-refractivity contribution in [3.63, 3.8) is 0 Å². The van der Waals surface area contributed by atoms with Crippen molar-refractivity contribution in [1.82, 2.24) is 4.57 Å². The molecule has 3 aromatic carbocycles. The topological polar surface area (TPSA) is 57.2 Å². The Balaban J connectivity index is 1.91. The molecule has 0 aliphatic heterocycles. The molecule has 148 valence electrons. The lowest BCUT2D eigenvalue weighted by molar-refractivity contribution is -0.274. The molecule has 1 aromatic heterocycles. The maximum atomic E-state index is 12.6. The lowest BCUT2D eigenvalue weighted by atomic mass is 10.1. The van der Waals surface area contributed by atoms with Crippen LogP contribution in [0.25, 0.3) is 21.8 Å². The van der Waals surface area contributed by atoms with Crippen molar-refractivity contribution in [1.29, 1.82) is 0 Å². The van der Waals surface area contributed by atoms with Gasteiger partial charge in [0.2, 0.25) is 5.91 Å². The molecule has 4 rings (SSSR count). The Kier molecular flexibility index (Phi) is 4.62. The summed E-state index contributed by atoms with van der Waals surface area (Å²) in [6.45, 7) is 0.223. The Morgan fingerprint density at radius 3 is 2.52 bits per heavy atom. The van der Waals surface area contributed by atoms with Crippen LogP contribution in [0, 0.1) is 0 Å². The van der Waals surface area contributed by atoms with Crippen LogP contribution in [0.2, 0.25) is 5.02 Å². The van der Waals surface area contributed by atoms with Crippen LogP contribution < -0.4 is 10.5 Å². The summed E-state index contributed by atoms with van der Waals surface area (Å²) in [6.07, 6.45) is -4.77. The Hall–Kier alpha value is -3.19. The van der Waals surface area contributed by atoms with Gasteiger partial charge in [-0.05, 0) is 35.9 Å². The number of nitrogens with zero attached hydrogens (tertiary/aromatic N) is 1. The van der Waals surface area contributed by atoms with Crippen molar-refractivity contribution in [2.75, 3.05) is 0 Å². The van der Waals surface area contributed by atoms with Gasteiger partial charge in [0.05, 0.1) is 16.1 Å². The van der Waals surface area contributed by atoms with Gasteiger partial charge in [-0.1, -0.05) is 41.9 Å². The second kappa shape index (κ2) is 7.00. The average molecular weight is 419 g/mol. The van der Waals surface area contributed by atoms with Crippen molar-refractivity contribution < 1.29 is 22.7 Å². The molecule has 1 heterocycles. The number of hydrogen-bond donors (Lipinski definition) is 1. The van der Waals surface area contributed by atoms with Gasteiger partial charge in [-0.2, -0.15) is 0 Å². The molecule has 2 N–H and O–H groups in total. The number of alkyl halides is 3. The highest BCUT2D eigenvalue weighted by molar-refractivity contribution is 6.37. The first-order valence-electron chi connectivity index (χ1n) is 8.58. The second-order valence-corrected chi connectivity index (χ2v) is 6.89. The Morgan fingerprint density at radius 2 is 1.79 bits per heavy atom. The van der Waals surface area contributed by atoms with Crippen LogP contribution in [0.3, 0.4) is 0 Å². The number of carbonyl (C=O) groups is 1. The van der Waals surface area contributed by atoms with Crippen molar-refractivity contribution in [3.8, 4) is 5.75 Å². The third-order valence-electron chi connectivity index (χ3n) is 4.60. The van der Waals surface area contributed by atoms with E-state index in [0.717, 1.165) is 5.39 Å². The number of ether oxygens (including phenoxy) is 1. The van der Waals surface area contributed by atoms with E-state index in [4.69, 9.17) is 17.3 Å². The highest BCUT2D eigenvalue weighted by atomic mass is 35.5. The monoisotopic (exact) mass is 418 g/mol. The normalized spacial score (nSPS) is 11.9. The molecule has 0 saturated heterocycles. The fraction of sp³-hybridized carbons (Fsp3) is 0.0952. The van der Waals surface area contributed by atoms with Gasteiger partial charge in [0.1, 0.15) is 5.75 Å². The van der Waals surface area contributed by atoms with Crippen LogP contribution in [0.5, 0.6) is 5.75 Å².